The summed E-state index contributed by atoms with van der Waals surface area (Å²) >= 11 is 0. The van der Waals surface area contributed by atoms with E-state index in [1.54, 1.807) is 0 Å². The number of hydrogen-bond acceptors (Lipinski definition) is 4. The van der Waals surface area contributed by atoms with Gasteiger partial charge in [0, 0.05) is 25.7 Å². The molecular weight excluding hydrogens is 250 g/mol. The van der Waals surface area contributed by atoms with E-state index in [1.807, 2.05) is 0 Å². The lowest BCUT2D eigenvalue weighted by Gasteiger charge is -2.36. The summed E-state index contributed by atoms with van der Waals surface area (Å²) in [5, 5.41) is 3.72. The number of nitrogens with zero attached hydrogens (tertiary/aromatic N) is 2. The zero-order chi connectivity index (χ0) is 14.4. The zero-order valence-electron chi connectivity index (χ0n) is 13.6. The van der Waals surface area contributed by atoms with Gasteiger partial charge in [-0.3, -0.25) is 0 Å². The fourth-order valence-corrected chi connectivity index (χ4v) is 3.47. The molecule has 4 heteroatoms. The standard InChI is InChI=1S/C16H33N3O/c1-4-7-19-8-5-15(6-9-19)14(2)17-12-16-13-18(3)10-11-20-16/h14-17H,4-13H2,1-3H3. The van der Waals surface area contributed by atoms with Gasteiger partial charge in [0.15, 0.2) is 0 Å². The first-order valence-corrected chi connectivity index (χ1v) is 8.45. The van der Waals surface area contributed by atoms with Crippen molar-refractivity contribution in [2.24, 2.45) is 5.92 Å². The Kier molecular flexibility index (Phi) is 6.75. The van der Waals surface area contributed by atoms with Crippen LogP contribution in [0.15, 0.2) is 0 Å². The second-order valence-electron chi connectivity index (χ2n) is 6.63. The van der Waals surface area contributed by atoms with E-state index in [0.717, 1.165) is 32.2 Å². The summed E-state index contributed by atoms with van der Waals surface area (Å²) in [5.74, 6) is 0.837. The van der Waals surface area contributed by atoms with Crippen molar-refractivity contribution in [2.75, 3.05) is 52.9 Å². The number of hydrogen-bond donors (Lipinski definition) is 1. The quantitative estimate of drug-likeness (QED) is 0.798. The molecule has 0 saturated carbocycles. The average Bonchev–Trinajstić information content (AvgIpc) is 2.46. The number of likely N-dealkylation sites (N-methyl/N-ethyl adjacent to an activating group) is 1. The van der Waals surface area contributed by atoms with Crippen LogP contribution in [0.25, 0.3) is 0 Å². The van der Waals surface area contributed by atoms with Crippen molar-refractivity contribution in [1.29, 1.82) is 0 Å². The monoisotopic (exact) mass is 283 g/mol. The van der Waals surface area contributed by atoms with Crippen LogP contribution in [0.5, 0.6) is 0 Å². The van der Waals surface area contributed by atoms with E-state index in [9.17, 15) is 0 Å². The Labute approximate surface area is 124 Å². The first kappa shape index (κ1) is 16.2. The first-order chi connectivity index (χ1) is 9.69. The van der Waals surface area contributed by atoms with E-state index >= 15 is 0 Å². The average molecular weight is 283 g/mol. The van der Waals surface area contributed by atoms with Crippen LogP contribution in [-0.2, 0) is 4.74 Å². The summed E-state index contributed by atoms with van der Waals surface area (Å²) in [4.78, 5) is 4.98. The maximum atomic E-state index is 5.82. The summed E-state index contributed by atoms with van der Waals surface area (Å²) in [6, 6.07) is 0.620. The lowest BCUT2D eigenvalue weighted by molar-refractivity contribution is -0.0202. The van der Waals surface area contributed by atoms with Gasteiger partial charge in [-0.2, -0.15) is 0 Å². The molecule has 2 fully saturated rings. The Balaban J connectivity index is 1.63. The molecule has 0 amide bonds. The van der Waals surface area contributed by atoms with Crippen molar-refractivity contribution in [3.63, 3.8) is 0 Å². The van der Waals surface area contributed by atoms with E-state index in [2.05, 4.69) is 36.0 Å². The molecule has 2 aliphatic rings. The van der Waals surface area contributed by atoms with Crippen LogP contribution in [0.4, 0.5) is 0 Å². The molecule has 0 radical (unpaired) electrons. The Morgan fingerprint density at radius 1 is 1.25 bits per heavy atom. The largest absolute Gasteiger partial charge is 0.374 e. The van der Waals surface area contributed by atoms with Gasteiger partial charge in [-0.05, 0) is 58.8 Å². The van der Waals surface area contributed by atoms with E-state index < -0.39 is 0 Å². The van der Waals surface area contributed by atoms with Gasteiger partial charge < -0.3 is 19.9 Å². The minimum atomic E-state index is 0.372. The van der Waals surface area contributed by atoms with Crippen molar-refractivity contribution < 1.29 is 4.74 Å². The summed E-state index contributed by atoms with van der Waals surface area (Å²) in [6.45, 7) is 12.5. The van der Waals surface area contributed by atoms with Gasteiger partial charge in [0.1, 0.15) is 0 Å². The van der Waals surface area contributed by atoms with Crippen LogP contribution < -0.4 is 5.32 Å². The van der Waals surface area contributed by atoms with Gasteiger partial charge in [-0.1, -0.05) is 6.92 Å². The lowest BCUT2D eigenvalue weighted by atomic mass is 9.90. The number of piperidine rings is 1. The van der Waals surface area contributed by atoms with Crippen LogP contribution in [0.3, 0.4) is 0 Å². The van der Waals surface area contributed by atoms with E-state index in [0.29, 0.717) is 12.1 Å². The fraction of sp³-hybridized carbons (Fsp3) is 1.00. The van der Waals surface area contributed by atoms with Gasteiger partial charge in [0.05, 0.1) is 12.7 Å². The van der Waals surface area contributed by atoms with Crippen molar-refractivity contribution in [1.82, 2.24) is 15.1 Å². The number of likely N-dealkylation sites (tertiary alicyclic amines) is 1. The van der Waals surface area contributed by atoms with Gasteiger partial charge in [-0.15, -0.1) is 0 Å². The fourth-order valence-electron chi connectivity index (χ4n) is 3.47. The molecule has 0 aliphatic carbocycles. The lowest BCUT2D eigenvalue weighted by Crippen LogP contribution is -2.48. The molecule has 118 valence electrons. The molecule has 2 atom stereocenters. The molecule has 1 N–H and O–H groups in total. The van der Waals surface area contributed by atoms with Crippen molar-refractivity contribution in [3.05, 3.63) is 0 Å². The third kappa shape index (κ3) is 4.99. The molecule has 2 heterocycles. The third-order valence-corrected chi connectivity index (χ3v) is 4.89. The SMILES string of the molecule is CCCN1CCC(C(C)NCC2CN(C)CCO2)CC1. The highest BCUT2D eigenvalue weighted by molar-refractivity contribution is 4.81. The van der Waals surface area contributed by atoms with E-state index in [1.165, 1.54) is 38.9 Å². The van der Waals surface area contributed by atoms with Crippen LogP contribution in [0.1, 0.15) is 33.1 Å². The molecule has 0 aromatic heterocycles. The number of nitrogens with one attached hydrogen (secondary N) is 1. The molecule has 2 rings (SSSR count). The van der Waals surface area contributed by atoms with Gasteiger partial charge in [-0.25, -0.2) is 0 Å². The molecule has 4 nitrogen and oxygen atoms in total. The predicted molar refractivity (Wildman–Crippen MR) is 84.2 cm³/mol. The normalized spacial score (nSPS) is 28.6. The van der Waals surface area contributed by atoms with Gasteiger partial charge in [0.2, 0.25) is 0 Å². The summed E-state index contributed by atoms with van der Waals surface area (Å²) in [5.41, 5.74) is 0. The molecule has 0 bridgehead atoms. The van der Waals surface area contributed by atoms with Gasteiger partial charge >= 0.3 is 0 Å². The second kappa shape index (κ2) is 8.32. The number of rotatable bonds is 6. The maximum absolute atomic E-state index is 5.82. The molecular formula is C16H33N3O. The highest BCUT2D eigenvalue weighted by atomic mass is 16.5. The van der Waals surface area contributed by atoms with Crippen molar-refractivity contribution >= 4 is 0 Å². The molecule has 20 heavy (non-hydrogen) atoms. The molecule has 0 aromatic carbocycles. The van der Waals surface area contributed by atoms with Crippen molar-refractivity contribution in [2.45, 2.75) is 45.3 Å². The van der Waals surface area contributed by atoms with Crippen LogP contribution in [0.2, 0.25) is 0 Å². The van der Waals surface area contributed by atoms with Crippen LogP contribution in [0, 0.1) is 5.92 Å². The topological polar surface area (TPSA) is 27.7 Å². The first-order valence-electron chi connectivity index (χ1n) is 8.45. The predicted octanol–water partition coefficient (Wildman–Crippen LogP) is 1.42. The highest BCUT2D eigenvalue weighted by Crippen LogP contribution is 2.20. The summed E-state index contributed by atoms with van der Waals surface area (Å²) in [7, 11) is 2.18. The third-order valence-electron chi connectivity index (χ3n) is 4.89. The molecule has 2 aliphatic heterocycles. The van der Waals surface area contributed by atoms with Gasteiger partial charge in [0.25, 0.3) is 0 Å². The van der Waals surface area contributed by atoms with Crippen molar-refractivity contribution in [3.8, 4) is 0 Å². The Hall–Kier alpha value is -0.160. The number of ether oxygens (including phenoxy) is 1. The molecule has 2 saturated heterocycles. The van der Waals surface area contributed by atoms with E-state index in [-0.39, 0.29) is 0 Å². The summed E-state index contributed by atoms with van der Waals surface area (Å²) in [6.07, 6.45) is 4.35. The minimum Gasteiger partial charge on any atom is -0.374 e. The van der Waals surface area contributed by atoms with Crippen LogP contribution in [-0.4, -0.2) is 74.9 Å². The Morgan fingerprint density at radius 2 is 2.00 bits per heavy atom. The highest BCUT2D eigenvalue weighted by Gasteiger charge is 2.24. The molecule has 2 unspecified atom stereocenters. The number of morpholine rings is 1. The Bertz CT molecular complexity index is 266. The maximum Gasteiger partial charge on any atom is 0.0826 e. The molecule has 0 spiro atoms. The zero-order valence-corrected chi connectivity index (χ0v) is 13.6. The second-order valence-corrected chi connectivity index (χ2v) is 6.63. The summed E-state index contributed by atoms with van der Waals surface area (Å²) < 4.78 is 5.82. The Morgan fingerprint density at radius 3 is 2.65 bits per heavy atom. The smallest absolute Gasteiger partial charge is 0.0826 e. The molecule has 0 aromatic rings. The van der Waals surface area contributed by atoms with Crippen LogP contribution >= 0.6 is 0 Å². The minimum absolute atomic E-state index is 0.372. The van der Waals surface area contributed by atoms with E-state index in [4.69, 9.17) is 4.74 Å².